The van der Waals surface area contributed by atoms with Crippen molar-refractivity contribution < 1.29 is 9.90 Å². The van der Waals surface area contributed by atoms with Crippen LogP contribution in [0.1, 0.15) is 48.8 Å². The van der Waals surface area contributed by atoms with Crippen LogP contribution in [0.4, 0.5) is 0 Å². The Balaban J connectivity index is 1.88. The van der Waals surface area contributed by atoms with Gasteiger partial charge in [-0.05, 0) is 45.6 Å². The van der Waals surface area contributed by atoms with Crippen molar-refractivity contribution in [2.24, 2.45) is 0 Å². The molecule has 1 N–H and O–H groups in total. The first-order chi connectivity index (χ1) is 9.10. The number of fused-ring (bicyclic) bond motifs is 2. The van der Waals surface area contributed by atoms with Crippen LogP contribution in [0.3, 0.4) is 0 Å². The third kappa shape index (κ3) is 2.06. The van der Waals surface area contributed by atoms with Crippen molar-refractivity contribution in [1.82, 2.24) is 14.7 Å². The molecule has 5 heteroatoms. The molecule has 1 aromatic rings. The second kappa shape index (κ2) is 4.63. The van der Waals surface area contributed by atoms with Gasteiger partial charge in [0.15, 0.2) is 0 Å². The number of nitrogens with zero attached hydrogens (tertiary/aromatic N) is 3. The summed E-state index contributed by atoms with van der Waals surface area (Å²) in [5, 5.41) is 14.2. The van der Waals surface area contributed by atoms with Crippen molar-refractivity contribution in [3.8, 4) is 0 Å². The zero-order valence-corrected chi connectivity index (χ0v) is 11.5. The molecule has 3 rings (SSSR count). The van der Waals surface area contributed by atoms with Crippen LogP contribution in [0.5, 0.6) is 0 Å². The number of aliphatic hydroxyl groups is 1. The number of piperidine rings is 1. The summed E-state index contributed by atoms with van der Waals surface area (Å²) in [5.74, 6) is 0.0850. The van der Waals surface area contributed by atoms with Crippen molar-refractivity contribution in [2.75, 3.05) is 0 Å². The number of rotatable bonds is 2. The molecule has 0 aromatic carbocycles. The summed E-state index contributed by atoms with van der Waals surface area (Å²) >= 11 is 0. The van der Waals surface area contributed by atoms with Crippen LogP contribution in [0.25, 0.3) is 0 Å². The van der Waals surface area contributed by atoms with Gasteiger partial charge in [-0.1, -0.05) is 0 Å². The summed E-state index contributed by atoms with van der Waals surface area (Å²) < 4.78 is 1.78. The first-order valence-electron chi connectivity index (χ1n) is 7.15. The smallest absolute Gasteiger partial charge is 0.272 e. The van der Waals surface area contributed by atoms with E-state index >= 15 is 0 Å². The summed E-state index contributed by atoms with van der Waals surface area (Å²) in [6.07, 6.45) is 3.25. The van der Waals surface area contributed by atoms with Crippen LogP contribution >= 0.6 is 0 Å². The Hall–Kier alpha value is -1.36. The lowest BCUT2D eigenvalue weighted by Gasteiger charge is -2.37. The molecular formula is C14H21N3O2. The highest BCUT2D eigenvalue weighted by molar-refractivity contribution is 5.93. The van der Waals surface area contributed by atoms with Crippen LogP contribution in [0, 0.1) is 6.92 Å². The lowest BCUT2D eigenvalue weighted by Crippen LogP contribution is -2.48. The zero-order chi connectivity index (χ0) is 13.6. The average molecular weight is 263 g/mol. The minimum Gasteiger partial charge on any atom is -0.393 e. The van der Waals surface area contributed by atoms with E-state index in [0.29, 0.717) is 12.2 Å². The summed E-state index contributed by atoms with van der Waals surface area (Å²) in [5.41, 5.74) is 1.57. The third-order valence-corrected chi connectivity index (χ3v) is 4.36. The van der Waals surface area contributed by atoms with Crippen molar-refractivity contribution in [3.05, 3.63) is 17.5 Å². The SMILES string of the molecule is CCn1nc(C)cc1C(=O)N1C2CCC1CC(O)C2. The monoisotopic (exact) mass is 263 g/mol. The Labute approximate surface area is 113 Å². The second-order valence-electron chi connectivity index (χ2n) is 5.71. The molecule has 2 saturated heterocycles. The van der Waals surface area contributed by atoms with E-state index in [1.54, 1.807) is 4.68 Å². The third-order valence-electron chi connectivity index (χ3n) is 4.36. The maximum atomic E-state index is 12.7. The molecule has 0 saturated carbocycles. The molecule has 5 nitrogen and oxygen atoms in total. The number of hydrogen-bond acceptors (Lipinski definition) is 3. The molecule has 2 bridgehead atoms. The van der Waals surface area contributed by atoms with Crippen molar-refractivity contribution >= 4 is 5.91 Å². The van der Waals surface area contributed by atoms with Crippen LogP contribution in [0.15, 0.2) is 6.07 Å². The Bertz CT molecular complexity index is 483. The molecule has 0 spiro atoms. The van der Waals surface area contributed by atoms with E-state index < -0.39 is 0 Å². The van der Waals surface area contributed by atoms with Crippen LogP contribution in [-0.4, -0.2) is 43.9 Å². The standard InChI is InChI=1S/C14H21N3O2/c1-3-16-13(6-9(2)15-16)14(19)17-10-4-5-11(17)8-12(18)7-10/h6,10-12,18H,3-5,7-8H2,1-2H3. The quantitative estimate of drug-likeness (QED) is 0.876. The number of carbonyl (C=O) groups excluding carboxylic acids is 1. The minimum absolute atomic E-state index is 0.0850. The van der Waals surface area contributed by atoms with Gasteiger partial charge in [0.2, 0.25) is 0 Å². The van der Waals surface area contributed by atoms with Crippen LogP contribution in [-0.2, 0) is 6.54 Å². The van der Waals surface area contributed by atoms with E-state index in [-0.39, 0.29) is 24.1 Å². The molecule has 2 aliphatic heterocycles. The molecular weight excluding hydrogens is 242 g/mol. The number of carbonyl (C=O) groups is 1. The minimum atomic E-state index is -0.237. The zero-order valence-electron chi connectivity index (χ0n) is 11.5. The first kappa shape index (κ1) is 12.7. The molecule has 0 aliphatic carbocycles. The van der Waals surface area contributed by atoms with Gasteiger partial charge in [-0.3, -0.25) is 9.48 Å². The van der Waals surface area contributed by atoms with Gasteiger partial charge >= 0.3 is 0 Å². The van der Waals surface area contributed by atoms with Gasteiger partial charge in [0.1, 0.15) is 5.69 Å². The number of aliphatic hydroxyl groups excluding tert-OH is 1. The van der Waals surface area contributed by atoms with E-state index in [1.807, 2.05) is 24.8 Å². The maximum Gasteiger partial charge on any atom is 0.272 e. The van der Waals surface area contributed by atoms with Gasteiger partial charge in [-0.2, -0.15) is 5.10 Å². The fourth-order valence-corrected chi connectivity index (χ4v) is 3.57. The Morgan fingerprint density at radius 1 is 1.42 bits per heavy atom. The Morgan fingerprint density at radius 3 is 2.63 bits per heavy atom. The summed E-state index contributed by atoms with van der Waals surface area (Å²) in [6, 6.07) is 2.29. The maximum absolute atomic E-state index is 12.7. The number of hydrogen-bond donors (Lipinski definition) is 1. The van der Waals surface area contributed by atoms with E-state index in [9.17, 15) is 9.90 Å². The number of aryl methyl sites for hydroxylation is 2. The number of amides is 1. The van der Waals surface area contributed by atoms with E-state index in [1.165, 1.54) is 0 Å². The highest BCUT2D eigenvalue weighted by atomic mass is 16.3. The predicted molar refractivity (Wildman–Crippen MR) is 70.9 cm³/mol. The Kier molecular flexibility index (Phi) is 3.09. The normalized spacial score (nSPS) is 29.8. The molecule has 19 heavy (non-hydrogen) atoms. The molecule has 1 amide bonds. The van der Waals surface area contributed by atoms with Crippen molar-refractivity contribution in [3.63, 3.8) is 0 Å². The summed E-state index contributed by atoms with van der Waals surface area (Å²) in [6.45, 7) is 4.62. The lowest BCUT2D eigenvalue weighted by atomic mass is 9.99. The first-order valence-corrected chi connectivity index (χ1v) is 7.15. The molecule has 3 heterocycles. The fraction of sp³-hybridized carbons (Fsp3) is 0.714. The molecule has 2 fully saturated rings. The van der Waals surface area contributed by atoms with Gasteiger partial charge in [-0.25, -0.2) is 0 Å². The van der Waals surface area contributed by atoms with Crippen LogP contribution in [0.2, 0.25) is 0 Å². The van der Waals surface area contributed by atoms with Gasteiger partial charge in [0, 0.05) is 18.6 Å². The largest absolute Gasteiger partial charge is 0.393 e. The highest BCUT2D eigenvalue weighted by Gasteiger charge is 2.43. The molecule has 104 valence electrons. The molecule has 1 aromatic heterocycles. The molecule has 2 unspecified atom stereocenters. The Morgan fingerprint density at radius 2 is 2.05 bits per heavy atom. The van der Waals surface area contributed by atoms with Gasteiger partial charge < -0.3 is 10.0 Å². The summed E-state index contributed by atoms with van der Waals surface area (Å²) in [7, 11) is 0. The molecule has 0 radical (unpaired) electrons. The fourth-order valence-electron chi connectivity index (χ4n) is 3.57. The van der Waals surface area contributed by atoms with Crippen LogP contribution < -0.4 is 0 Å². The predicted octanol–water partition coefficient (Wildman–Crippen LogP) is 1.34. The number of aromatic nitrogens is 2. The highest BCUT2D eigenvalue weighted by Crippen LogP contribution is 2.36. The lowest BCUT2D eigenvalue weighted by molar-refractivity contribution is 0.0278. The van der Waals surface area contributed by atoms with Gasteiger partial charge in [0.05, 0.1) is 11.8 Å². The van der Waals surface area contributed by atoms with E-state index in [2.05, 4.69) is 5.10 Å². The molecule has 2 atom stereocenters. The van der Waals surface area contributed by atoms with Crippen molar-refractivity contribution in [1.29, 1.82) is 0 Å². The second-order valence-corrected chi connectivity index (χ2v) is 5.71. The van der Waals surface area contributed by atoms with Gasteiger partial charge in [0.25, 0.3) is 5.91 Å². The van der Waals surface area contributed by atoms with Gasteiger partial charge in [-0.15, -0.1) is 0 Å². The van der Waals surface area contributed by atoms with Crippen molar-refractivity contribution in [2.45, 2.75) is 64.3 Å². The summed E-state index contributed by atoms with van der Waals surface area (Å²) in [4.78, 5) is 14.7. The topological polar surface area (TPSA) is 58.4 Å². The van der Waals surface area contributed by atoms with E-state index in [0.717, 1.165) is 31.4 Å². The molecule has 2 aliphatic rings. The average Bonchev–Trinajstić information content (AvgIpc) is 2.87. The van der Waals surface area contributed by atoms with E-state index in [4.69, 9.17) is 0 Å².